The highest BCUT2D eigenvalue weighted by atomic mass is 16.5. The molecule has 0 unspecified atom stereocenters. The first-order valence-electron chi connectivity index (χ1n) is 8.30. The van der Waals surface area contributed by atoms with Crippen LogP contribution in [0.1, 0.15) is 11.6 Å². The molecule has 0 aromatic heterocycles. The zero-order valence-corrected chi connectivity index (χ0v) is 13.6. The molecule has 0 bridgehead atoms. The van der Waals surface area contributed by atoms with Crippen LogP contribution in [-0.4, -0.2) is 74.3 Å². The van der Waals surface area contributed by atoms with Gasteiger partial charge in [0.05, 0.1) is 26.4 Å². The molecule has 1 atom stereocenters. The third-order valence-corrected chi connectivity index (χ3v) is 4.27. The number of morpholine rings is 2. The molecule has 7 nitrogen and oxygen atoms in total. The number of carbonyl (C=O) groups is 2. The van der Waals surface area contributed by atoms with Crippen LogP contribution in [-0.2, 0) is 14.3 Å². The van der Waals surface area contributed by atoms with E-state index in [1.165, 1.54) is 0 Å². The van der Waals surface area contributed by atoms with Gasteiger partial charge in [0.25, 0.3) is 0 Å². The van der Waals surface area contributed by atoms with Crippen molar-refractivity contribution in [3.8, 4) is 0 Å². The molecule has 130 valence electrons. The number of hydrogen-bond acceptors (Lipinski definition) is 4. The number of benzene rings is 1. The van der Waals surface area contributed by atoms with Crippen molar-refractivity contribution in [2.24, 2.45) is 0 Å². The maximum atomic E-state index is 12.9. The summed E-state index contributed by atoms with van der Waals surface area (Å²) in [5.74, 6) is -0.0916. The highest BCUT2D eigenvalue weighted by Crippen LogP contribution is 2.17. The molecule has 0 spiro atoms. The van der Waals surface area contributed by atoms with Crippen LogP contribution in [0.4, 0.5) is 4.79 Å². The summed E-state index contributed by atoms with van der Waals surface area (Å²) < 4.78 is 10.6. The van der Waals surface area contributed by atoms with Gasteiger partial charge >= 0.3 is 6.03 Å². The first-order valence-corrected chi connectivity index (χ1v) is 8.30. The molecular weight excluding hydrogens is 310 g/mol. The fourth-order valence-corrected chi connectivity index (χ4v) is 2.88. The van der Waals surface area contributed by atoms with E-state index in [1.54, 1.807) is 9.80 Å². The molecule has 3 amide bonds. The SMILES string of the molecule is O=C(N[C@H](C(=O)N1CCOCC1)c1ccccc1)N1CCOCC1. The van der Waals surface area contributed by atoms with Crippen molar-refractivity contribution in [3.63, 3.8) is 0 Å². The molecular formula is C17H23N3O4. The van der Waals surface area contributed by atoms with Crippen LogP contribution in [0.15, 0.2) is 30.3 Å². The molecule has 3 rings (SSSR count). The summed E-state index contributed by atoms with van der Waals surface area (Å²) in [6.07, 6.45) is 0. The lowest BCUT2D eigenvalue weighted by molar-refractivity contribution is -0.137. The molecule has 1 aromatic rings. The average molecular weight is 333 g/mol. The highest BCUT2D eigenvalue weighted by molar-refractivity contribution is 5.88. The fraction of sp³-hybridized carbons (Fsp3) is 0.529. The van der Waals surface area contributed by atoms with E-state index >= 15 is 0 Å². The molecule has 2 heterocycles. The average Bonchev–Trinajstić information content (AvgIpc) is 2.67. The van der Waals surface area contributed by atoms with Gasteiger partial charge in [0.1, 0.15) is 6.04 Å². The van der Waals surface area contributed by atoms with Gasteiger partial charge in [-0.15, -0.1) is 0 Å². The van der Waals surface area contributed by atoms with Crippen LogP contribution >= 0.6 is 0 Å². The van der Waals surface area contributed by atoms with Crippen LogP contribution in [0.25, 0.3) is 0 Å². The van der Waals surface area contributed by atoms with E-state index in [2.05, 4.69) is 5.32 Å². The summed E-state index contributed by atoms with van der Waals surface area (Å²) in [6, 6.07) is 8.45. The molecule has 7 heteroatoms. The summed E-state index contributed by atoms with van der Waals surface area (Å²) in [5.41, 5.74) is 0.788. The van der Waals surface area contributed by atoms with Crippen LogP contribution in [0.5, 0.6) is 0 Å². The van der Waals surface area contributed by atoms with E-state index in [9.17, 15) is 9.59 Å². The maximum Gasteiger partial charge on any atom is 0.318 e. The zero-order valence-electron chi connectivity index (χ0n) is 13.6. The molecule has 2 aliphatic heterocycles. The molecule has 1 aromatic carbocycles. The lowest BCUT2D eigenvalue weighted by atomic mass is 10.1. The number of carbonyl (C=O) groups excluding carboxylic acids is 2. The third kappa shape index (κ3) is 4.04. The van der Waals surface area contributed by atoms with Gasteiger partial charge in [-0.25, -0.2) is 4.79 Å². The molecule has 2 aliphatic rings. The van der Waals surface area contributed by atoms with Gasteiger partial charge in [0.2, 0.25) is 5.91 Å². The quantitative estimate of drug-likeness (QED) is 0.881. The molecule has 0 saturated carbocycles. The minimum atomic E-state index is -0.681. The van der Waals surface area contributed by atoms with E-state index in [4.69, 9.17) is 9.47 Å². The Balaban J connectivity index is 1.74. The minimum absolute atomic E-state index is 0.0916. The zero-order chi connectivity index (χ0) is 16.8. The normalized spacial score (nSPS) is 19.7. The first kappa shape index (κ1) is 16.7. The van der Waals surface area contributed by atoms with E-state index in [0.717, 1.165) is 5.56 Å². The molecule has 2 fully saturated rings. The Labute approximate surface area is 141 Å². The van der Waals surface area contributed by atoms with Crippen molar-refractivity contribution in [3.05, 3.63) is 35.9 Å². The smallest absolute Gasteiger partial charge is 0.318 e. The standard InChI is InChI=1S/C17H23N3O4/c21-16(19-6-10-23-11-7-19)15(14-4-2-1-3-5-14)18-17(22)20-8-12-24-13-9-20/h1-5,15H,6-13H2,(H,18,22)/t15-/m0/s1. The minimum Gasteiger partial charge on any atom is -0.378 e. The second-order valence-corrected chi connectivity index (χ2v) is 5.83. The van der Waals surface area contributed by atoms with E-state index in [-0.39, 0.29) is 11.9 Å². The van der Waals surface area contributed by atoms with E-state index < -0.39 is 6.04 Å². The monoisotopic (exact) mass is 333 g/mol. The number of amides is 3. The van der Waals surface area contributed by atoms with Gasteiger partial charge in [0, 0.05) is 26.2 Å². The van der Waals surface area contributed by atoms with E-state index in [1.807, 2.05) is 30.3 Å². The number of rotatable bonds is 3. The van der Waals surface area contributed by atoms with Gasteiger partial charge in [-0.2, -0.15) is 0 Å². The van der Waals surface area contributed by atoms with Crippen molar-refractivity contribution < 1.29 is 19.1 Å². The molecule has 0 radical (unpaired) electrons. The topological polar surface area (TPSA) is 71.1 Å². The van der Waals surface area contributed by atoms with Crippen LogP contribution in [0.2, 0.25) is 0 Å². The number of hydrogen-bond donors (Lipinski definition) is 1. The number of nitrogens with zero attached hydrogens (tertiary/aromatic N) is 2. The molecule has 1 N–H and O–H groups in total. The lowest BCUT2D eigenvalue weighted by Gasteiger charge is -2.33. The Morgan fingerprint density at radius 3 is 2.00 bits per heavy atom. The second-order valence-electron chi connectivity index (χ2n) is 5.83. The largest absolute Gasteiger partial charge is 0.378 e. The number of ether oxygens (including phenoxy) is 2. The van der Waals surface area contributed by atoms with Crippen molar-refractivity contribution in [1.82, 2.24) is 15.1 Å². The van der Waals surface area contributed by atoms with E-state index in [0.29, 0.717) is 52.6 Å². The summed E-state index contributed by atoms with van der Waals surface area (Å²) in [6.45, 7) is 4.31. The molecule has 2 saturated heterocycles. The van der Waals surface area contributed by atoms with Gasteiger partial charge in [-0.1, -0.05) is 30.3 Å². The number of nitrogens with one attached hydrogen (secondary N) is 1. The van der Waals surface area contributed by atoms with Crippen LogP contribution in [0, 0.1) is 0 Å². The van der Waals surface area contributed by atoms with Crippen LogP contribution < -0.4 is 5.32 Å². The van der Waals surface area contributed by atoms with Crippen molar-refractivity contribution in [2.75, 3.05) is 52.6 Å². The molecule has 24 heavy (non-hydrogen) atoms. The van der Waals surface area contributed by atoms with Gasteiger partial charge in [-0.05, 0) is 5.56 Å². The number of urea groups is 1. The Kier molecular flexibility index (Phi) is 5.66. The third-order valence-electron chi connectivity index (χ3n) is 4.27. The summed E-state index contributed by atoms with van der Waals surface area (Å²) in [7, 11) is 0. The van der Waals surface area contributed by atoms with Gasteiger partial charge in [-0.3, -0.25) is 4.79 Å². The highest BCUT2D eigenvalue weighted by Gasteiger charge is 2.30. The maximum absolute atomic E-state index is 12.9. The Hall–Kier alpha value is -2.12. The van der Waals surface area contributed by atoms with Crippen LogP contribution in [0.3, 0.4) is 0 Å². The summed E-state index contributed by atoms with van der Waals surface area (Å²) >= 11 is 0. The fourth-order valence-electron chi connectivity index (χ4n) is 2.88. The Bertz CT molecular complexity index is 554. The Morgan fingerprint density at radius 1 is 0.875 bits per heavy atom. The van der Waals surface area contributed by atoms with Crippen molar-refractivity contribution in [2.45, 2.75) is 6.04 Å². The Morgan fingerprint density at radius 2 is 1.42 bits per heavy atom. The van der Waals surface area contributed by atoms with Gasteiger partial charge < -0.3 is 24.6 Å². The summed E-state index contributed by atoms with van der Waals surface area (Å²) in [4.78, 5) is 28.9. The second kappa shape index (κ2) is 8.12. The first-order chi connectivity index (χ1) is 11.8. The predicted molar refractivity (Wildman–Crippen MR) is 87.5 cm³/mol. The lowest BCUT2D eigenvalue weighted by Crippen LogP contribution is -2.52. The van der Waals surface area contributed by atoms with Crippen molar-refractivity contribution >= 4 is 11.9 Å². The van der Waals surface area contributed by atoms with Crippen molar-refractivity contribution in [1.29, 1.82) is 0 Å². The predicted octanol–water partition coefficient (Wildman–Crippen LogP) is 0.628. The molecule has 0 aliphatic carbocycles. The summed E-state index contributed by atoms with van der Waals surface area (Å²) in [5, 5.41) is 2.90. The van der Waals surface area contributed by atoms with Gasteiger partial charge in [0.15, 0.2) is 0 Å².